The quantitative estimate of drug-likeness (QED) is 0.908. The average Bonchev–Trinajstić information content (AvgIpc) is 3.15. The van der Waals surface area contributed by atoms with Crippen molar-refractivity contribution in [1.29, 1.82) is 0 Å². The summed E-state index contributed by atoms with van der Waals surface area (Å²) in [6.45, 7) is 2.34. The van der Waals surface area contributed by atoms with Crippen LogP contribution in [0.2, 0.25) is 0 Å². The molecule has 0 saturated carbocycles. The lowest BCUT2D eigenvalue weighted by molar-refractivity contribution is -0.136. The van der Waals surface area contributed by atoms with Crippen LogP contribution in [0.3, 0.4) is 0 Å². The molecule has 3 rings (SSSR count). The van der Waals surface area contributed by atoms with E-state index < -0.39 is 24.5 Å². The molecule has 3 heterocycles. The van der Waals surface area contributed by atoms with E-state index in [-0.39, 0.29) is 18.2 Å². The number of rotatable bonds is 4. The molecular weight excluding hydrogens is 339 g/mol. The number of piperidine rings is 1. The van der Waals surface area contributed by atoms with Crippen LogP contribution in [0.5, 0.6) is 0 Å². The van der Waals surface area contributed by atoms with Crippen molar-refractivity contribution in [3.63, 3.8) is 0 Å². The lowest BCUT2D eigenvalue weighted by Crippen LogP contribution is -2.39. The van der Waals surface area contributed by atoms with E-state index in [1.165, 1.54) is 0 Å². The molecule has 10 heteroatoms. The topological polar surface area (TPSA) is 87.9 Å². The Morgan fingerprint density at radius 3 is 2.88 bits per heavy atom. The van der Waals surface area contributed by atoms with Gasteiger partial charge in [-0.1, -0.05) is 0 Å². The summed E-state index contributed by atoms with van der Waals surface area (Å²) in [5, 5.41) is 14.0. The average molecular weight is 357 g/mol. The molecule has 0 aromatic carbocycles. The number of amides is 1. The number of alkyl halides is 3. The number of likely N-dealkylation sites (tertiary alicyclic amines) is 1. The van der Waals surface area contributed by atoms with Crippen LogP contribution < -0.4 is 0 Å². The van der Waals surface area contributed by atoms with Gasteiger partial charge < -0.3 is 9.32 Å². The van der Waals surface area contributed by atoms with Gasteiger partial charge in [-0.3, -0.25) is 9.89 Å². The van der Waals surface area contributed by atoms with E-state index in [4.69, 9.17) is 4.42 Å². The minimum absolute atomic E-state index is 0.0607. The van der Waals surface area contributed by atoms with Gasteiger partial charge in [-0.05, 0) is 32.3 Å². The molecule has 7 nitrogen and oxygen atoms in total. The fraction of sp³-hybridized carbons (Fsp3) is 0.600. The Labute approximate surface area is 141 Å². The second kappa shape index (κ2) is 6.85. The molecule has 0 radical (unpaired) electrons. The summed E-state index contributed by atoms with van der Waals surface area (Å²) in [5.74, 6) is -0.583. The highest BCUT2D eigenvalue weighted by Crippen LogP contribution is 2.31. The number of H-pyrrole nitrogens is 1. The molecule has 1 amide bonds. The maximum absolute atomic E-state index is 12.6. The maximum atomic E-state index is 12.6. The van der Waals surface area contributed by atoms with Gasteiger partial charge in [0.1, 0.15) is 12.5 Å². The molecule has 0 spiro atoms. The van der Waals surface area contributed by atoms with Crippen LogP contribution in [-0.4, -0.2) is 43.9 Å². The Bertz CT molecular complexity index is 740. The Morgan fingerprint density at radius 2 is 2.20 bits per heavy atom. The first kappa shape index (κ1) is 17.4. The van der Waals surface area contributed by atoms with Crippen molar-refractivity contribution in [2.24, 2.45) is 0 Å². The summed E-state index contributed by atoms with van der Waals surface area (Å²) >= 11 is 0. The number of carbonyl (C=O) groups is 1. The first-order valence-corrected chi connectivity index (χ1v) is 8.01. The molecule has 1 aliphatic heterocycles. The SMILES string of the molecule is Cc1cc(CC(=O)N2CCCC[C@H]2c2nnc(CC(F)(F)F)o2)n[nH]1. The molecule has 25 heavy (non-hydrogen) atoms. The summed E-state index contributed by atoms with van der Waals surface area (Å²) in [4.78, 5) is 14.2. The van der Waals surface area contributed by atoms with Gasteiger partial charge in [0.2, 0.25) is 17.7 Å². The Kier molecular flexibility index (Phi) is 4.78. The largest absolute Gasteiger partial charge is 0.423 e. The molecule has 0 aliphatic carbocycles. The number of nitrogens with zero attached hydrogens (tertiary/aromatic N) is 4. The molecule has 1 N–H and O–H groups in total. The van der Waals surface area contributed by atoms with Crippen LogP contribution in [0.15, 0.2) is 10.5 Å². The summed E-state index contributed by atoms with van der Waals surface area (Å²) in [6, 6.07) is 1.29. The highest BCUT2D eigenvalue weighted by atomic mass is 19.4. The number of hydrogen-bond donors (Lipinski definition) is 1. The van der Waals surface area contributed by atoms with Gasteiger partial charge in [0.15, 0.2) is 0 Å². The van der Waals surface area contributed by atoms with Crippen molar-refractivity contribution in [2.45, 2.75) is 51.2 Å². The summed E-state index contributed by atoms with van der Waals surface area (Å²) < 4.78 is 42.5. The van der Waals surface area contributed by atoms with Gasteiger partial charge in [0, 0.05) is 12.2 Å². The third-order valence-electron chi connectivity index (χ3n) is 4.03. The number of hydrogen-bond acceptors (Lipinski definition) is 5. The molecule has 1 fully saturated rings. The van der Waals surface area contributed by atoms with Gasteiger partial charge >= 0.3 is 6.18 Å². The van der Waals surface area contributed by atoms with Crippen molar-refractivity contribution < 1.29 is 22.4 Å². The molecule has 1 saturated heterocycles. The van der Waals surface area contributed by atoms with Crippen LogP contribution >= 0.6 is 0 Å². The second-order valence-electron chi connectivity index (χ2n) is 6.14. The third kappa shape index (κ3) is 4.37. The van der Waals surface area contributed by atoms with Crippen LogP contribution in [-0.2, 0) is 17.6 Å². The first-order valence-electron chi connectivity index (χ1n) is 8.01. The molecule has 2 aromatic heterocycles. The normalized spacial score (nSPS) is 18.6. The molecule has 0 bridgehead atoms. The fourth-order valence-corrected chi connectivity index (χ4v) is 2.95. The summed E-state index contributed by atoms with van der Waals surface area (Å²) in [6.07, 6.45) is -3.32. The number of aryl methyl sites for hydroxylation is 1. The predicted octanol–water partition coefficient (Wildman–Crippen LogP) is 2.50. The number of carbonyl (C=O) groups excluding carboxylic acids is 1. The zero-order valence-corrected chi connectivity index (χ0v) is 13.6. The fourth-order valence-electron chi connectivity index (χ4n) is 2.95. The van der Waals surface area contributed by atoms with E-state index in [1.54, 1.807) is 11.0 Å². The van der Waals surface area contributed by atoms with Crippen molar-refractivity contribution in [1.82, 2.24) is 25.3 Å². The van der Waals surface area contributed by atoms with E-state index >= 15 is 0 Å². The molecule has 136 valence electrons. The third-order valence-corrected chi connectivity index (χ3v) is 4.03. The van der Waals surface area contributed by atoms with Crippen molar-refractivity contribution in [3.8, 4) is 0 Å². The molecule has 1 atom stereocenters. The smallest absolute Gasteiger partial charge is 0.397 e. The standard InChI is InChI=1S/C15H18F3N5O2/c1-9-6-10(20-19-9)7-13(24)23-5-3-2-4-11(23)14-22-21-12(25-14)8-15(16,17)18/h6,11H,2-5,7-8H2,1H3,(H,19,20)/t11-/m0/s1. The Balaban J connectivity index is 1.73. The molecule has 1 aliphatic rings. The Hall–Kier alpha value is -2.39. The van der Waals surface area contributed by atoms with Crippen molar-refractivity contribution in [2.75, 3.05) is 6.54 Å². The van der Waals surface area contributed by atoms with Crippen LogP contribution in [0.25, 0.3) is 0 Å². The minimum atomic E-state index is -4.41. The van der Waals surface area contributed by atoms with Crippen LogP contribution in [0.1, 0.15) is 48.5 Å². The maximum Gasteiger partial charge on any atom is 0.397 e. The van der Waals surface area contributed by atoms with Crippen molar-refractivity contribution >= 4 is 5.91 Å². The number of halogens is 3. The number of aromatic amines is 1. The van der Waals surface area contributed by atoms with Gasteiger partial charge in [-0.15, -0.1) is 10.2 Å². The number of aromatic nitrogens is 4. The van der Waals surface area contributed by atoms with E-state index in [9.17, 15) is 18.0 Å². The molecular formula is C15H18F3N5O2. The lowest BCUT2D eigenvalue weighted by Gasteiger charge is -2.33. The molecule has 0 unspecified atom stereocenters. The summed E-state index contributed by atoms with van der Waals surface area (Å²) in [7, 11) is 0. The zero-order valence-electron chi connectivity index (χ0n) is 13.6. The zero-order chi connectivity index (χ0) is 18.0. The highest BCUT2D eigenvalue weighted by Gasteiger charge is 2.35. The second-order valence-corrected chi connectivity index (χ2v) is 6.14. The Morgan fingerprint density at radius 1 is 1.40 bits per heavy atom. The monoisotopic (exact) mass is 357 g/mol. The van der Waals surface area contributed by atoms with E-state index in [1.807, 2.05) is 6.92 Å². The molecule has 2 aromatic rings. The van der Waals surface area contributed by atoms with Crippen molar-refractivity contribution in [3.05, 3.63) is 29.2 Å². The van der Waals surface area contributed by atoms with Crippen LogP contribution in [0.4, 0.5) is 13.2 Å². The predicted molar refractivity (Wildman–Crippen MR) is 79.4 cm³/mol. The van der Waals surface area contributed by atoms with Crippen LogP contribution in [0, 0.1) is 6.92 Å². The first-order chi connectivity index (χ1) is 11.8. The minimum Gasteiger partial charge on any atom is -0.423 e. The van der Waals surface area contributed by atoms with Gasteiger partial charge in [-0.25, -0.2) is 0 Å². The highest BCUT2D eigenvalue weighted by molar-refractivity contribution is 5.78. The van der Waals surface area contributed by atoms with Gasteiger partial charge in [-0.2, -0.15) is 18.3 Å². The van der Waals surface area contributed by atoms with E-state index in [2.05, 4.69) is 20.4 Å². The number of nitrogens with one attached hydrogen (secondary N) is 1. The van der Waals surface area contributed by atoms with E-state index in [0.717, 1.165) is 18.5 Å². The van der Waals surface area contributed by atoms with Gasteiger partial charge in [0.25, 0.3) is 0 Å². The van der Waals surface area contributed by atoms with Gasteiger partial charge in [0.05, 0.1) is 12.1 Å². The summed E-state index contributed by atoms with van der Waals surface area (Å²) in [5.41, 5.74) is 1.47. The van der Waals surface area contributed by atoms with E-state index in [0.29, 0.717) is 18.7 Å². The lowest BCUT2D eigenvalue weighted by atomic mass is 10.0.